The molecule has 0 heterocycles. The Balaban J connectivity index is 0.873. The number of nitrogens with zero attached hydrogens (tertiary/aromatic N) is 2. The molecule has 2 aliphatic carbocycles. The second kappa shape index (κ2) is 17.4. The monoisotopic (exact) mass is 700 g/mol. The first kappa shape index (κ1) is 35.9. The third-order valence-corrected chi connectivity index (χ3v) is 12.3. The quantitative estimate of drug-likeness (QED) is 0.138. The number of rotatable bonds is 12. The molecular formula is C45H46Cl2N2O. The number of hydrogen-bond donors (Lipinski definition) is 0. The van der Waals surface area contributed by atoms with E-state index in [-0.39, 0.29) is 10.8 Å². The number of alkyl halides is 2. The number of hydrogen-bond acceptors (Lipinski definition) is 3. The average molecular weight is 702 g/mol. The van der Waals surface area contributed by atoms with Gasteiger partial charge >= 0.3 is 0 Å². The molecule has 0 amide bonds. The Kier molecular flexibility index (Phi) is 12.5. The van der Waals surface area contributed by atoms with Crippen molar-refractivity contribution >= 4 is 29.0 Å². The molecule has 0 aliphatic heterocycles. The minimum Gasteiger partial charge on any atom is -0.300 e. The number of Topliss-reactive ketones (excluding diaryl/α,β-unsaturated/α-hetero) is 1. The smallest absolute Gasteiger partial charge is 0.133 e. The standard InChI is InChI=1S/C45H46Cl2N2O/c46-44(27-33-1-13-37(14-2-33)39-17-9-35(29-48)10-18-39)41-21-5-31(6-22-41)25-43(50)26-32-7-23-42(24-8-32)45(47)28-34-3-15-38(16-4-34)40-19-11-36(30-49)12-20-40/h1-4,9-20,31-32,41-42,44-45H,5-8,21-28H2. The topological polar surface area (TPSA) is 64.7 Å². The molecule has 5 heteroatoms. The van der Waals surface area contributed by atoms with Gasteiger partial charge in [-0.1, -0.05) is 72.8 Å². The van der Waals surface area contributed by atoms with Gasteiger partial charge in [0.1, 0.15) is 5.78 Å². The van der Waals surface area contributed by atoms with Crippen LogP contribution in [0.25, 0.3) is 22.3 Å². The van der Waals surface area contributed by atoms with Gasteiger partial charge in [-0.15, -0.1) is 23.2 Å². The lowest BCUT2D eigenvalue weighted by Gasteiger charge is -2.32. The van der Waals surface area contributed by atoms with Crippen LogP contribution in [0.15, 0.2) is 97.1 Å². The Morgan fingerprint density at radius 2 is 0.820 bits per heavy atom. The van der Waals surface area contributed by atoms with E-state index in [9.17, 15) is 4.79 Å². The van der Waals surface area contributed by atoms with Crippen LogP contribution in [-0.2, 0) is 17.6 Å². The highest BCUT2D eigenvalue weighted by atomic mass is 35.5. The third-order valence-electron chi connectivity index (χ3n) is 11.3. The van der Waals surface area contributed by atoms with Crippen LogP contribution in [0.5, 0.6) is 0 Å². The highest BCUT2D eigenvalue weighted by Gasteiger charge is 2.30. The van der Waals surface area contributed by atoms with E-state index in [2.05, 4.69) is 60.7 Å². The maximum atomic E-state index is 13.1. The lowest BCUT2D eigenvalue weighted by atomic mass is 9.75. The Labute approximate surface area is 308 Å². The zero-order chi connectivity index (χ0) is 34.9. The summed E-state index contributed by atoms with van der Waals surface area (Å²) in [4.78, 5) is 13.1. The van der Waals surface area contributed by atoms with E-state index in [1.54, 1.807) is 0 Å². The highest BCUT2D eigenvalue weighted by molar-refractivity contribution is 6.21. The second-order valence-electron chi connectivity index (χ2n) is 14.7. The molecule has 4 aromatic carbocycles. The van der Waals surface area contributed by atoms with Gasteiger partial charge in [-0.05, 0) is 146 Å². The van der Waals surface area contributed by atoms with Crippen LogP contribution >= 0.6 is 23.2 Å². The summed E-state index contributed by atoms with van der Waals surface area (Å²) in [7, 11) is 0. The summed E-state index contributed by atoms with van der Waals surface area (Å²) in [5.74, 6) is 2.45. The summed E-state index contributed by atoms with van der Waals surface area (Å²) < 4.78 is 0. The molecule has 6 rings (SSSR count). The fourth-order valence-corrected chi connectivity index (χ4v) is 9.02. The van der Waals surface area contributed by atoms with Gasteiger partial charge in [0.2, 0.25) is 0 Å². The van der Waals surface area contributed by atoms with E-state index in [0.717, 1.165) is 99.3 Å². The molecule has 0 spiro atoms. The van der Waals surface area contributed by atoms with Crippen molar-refractivity contribution in [3.8, 4) is 34.4 Å². The predicted molar refractivity (Wildman–Crippen MR) is 205 cm³/mol. The molecule has 2 aliphatic rings. The van der Waals surface area contributed by atoms with E-state index < -0.39 is 0 Å². The number of ketones is 1. The maximum absolute atomic E-state index is 13.1. The maximum Gasteiger partial charge on any atom is 0.133 e. The number of benzene rings is 4. The molecule has 2 fully saturated rings. The van der Waals surface area contributed by atoms with Crippen molar-refractivity contribution in [2.24, 2.45) is 23.7 Å². The van der Waals surface area contributed by atoms with E-state index in [4.69, 9.17) is 33.7 Å². The molecular weight excluding hydrogens is 655 g/mol. The van der Waals surface area contributed by atoms with Gasteiger partial charge in [-0.2, -0.15) is 10.5 Å². The first-order chi connectivity index (χ1) is 24.4. The van der Waals surface area contributed by atoms with Crippen molar-refractivity contribution in [3.63, 3.8) is 0 Å². The Bertz CT molecular complexity index is 1640. The molecule has 4 aromatic rings. The van der Waals surface area contributed by atoms with Gasteiger partial charge in [-0.25, -0.2) is 0 Å². The molecule has 2 saturated carbocycles. The van der Waals surface area contributed by atoms with E-state index in [0.29, 0.717) is 40.6 Å². The van der Waals surface area contributed by atoms with Crippen LogP contribution < -0.4 is 0 Å². The zero-order valence-corrected chi connectivity index (χ0v) is 30.3. The summed E-state index contributed by atoms with van der Waals surface area (Å²) in [6, 6.07) is 37.0. The lowest BCUT2D eigenvalue weighted by Crippen LogP contribution is -2.26. The summed E-state index contributed by atoms with van der Waals surface area (Å²) in [6.45, 7) is 0. The summed E-state index contributed by atoms with van der Waals surface area (Å²) >= 11 is 13.9. The molecule has 0 radical (unpaired) electrons. The summed E-state index contributed by atoms with van der Waals surface area (Å²) in [6.07, 6.45) is 12.0. The van der Waals surface area contributed by atoms with Crippen LogP contribution in [0.3, 0.4) is 0 Å². The minimum atomic E-state index is 0.113. The van der Waals surface area contributed by atoms with Crippen molar-refractivity contribution in [2.45, 2.75) is 87.8 Å². The van der Waals surface area contributed by atoms with Gasteiger partial charge in [0.15, 0.2) is 0 Å². The fourth-order valence-electron chi connectivity index (χ4n) is 8.16. The first-order valence-corrected chi connectivity index (χ1v) is 19.2. The van der Waals surface area contributed by atoms with Crippen molar-refractivity contribution in [1.29, 1.82) is 10.5 Å². The summed E-state index contributed by atoms with van der Waals surface area (Å²) in [5.41, 5.74) is 8.36. The largest absolute Gasteiger partial charge is 0.300 e. The number of carbonyl (C=O) groups excluding carboxylic acids is 1. The minimum absolute atomic E-state index is 0.113. The Morgan fingerprint density at radius 1 is 0.520 bits per heavy atom. The van der Waals surface area contributed by atoms with Crippen LogP contribution in [-0.4, -0.2) is 16.5 Å². The van der Waals surface area contributed by atoms with Crippen molar-refractivity contribution in [3.05, 3.63) is 119 Å². The third kappa shape index (κ3) is 9.66. The molecule has 0 aromatic heterocycles. The van der Waals surface area contributed by atoms with E-state index >= 15 is 0 Å². The number of carbonyl (C=O) groups is 1. The average Bonchev–Trinajstić information content (AvgIpc) is 3.16. The molecule has 3 nitrogen and oxygen atoms in total. The van der Waals surface area contributed by atoms with Crippen molar-refractivity contribution < 1.29 is 4.79 Å². The molecule has 0 saturated heterocycles. The zero-order valence-electron chi connectivity index (χ0n) is 28.7. The van der Waals surface area contributed by atoms with Crippen molar-refractivity contribution in [1.82, 2.24) is 0 Å². The molecule has 0 N–H and O–H groups in total. The SMILES string of the molecule is N#Cc1ccc(-c2ccc(CC(Cl)C3CCC(CC(=O)CC4CCC(C(Cl)Cc5ccc(-c6ccc(C#N)cc6)cc5)CC4)CC3)cc2)cc1. The van der Waals surface area contributed by atoms with Crippen LogP contribution in [0, 0.1) is 46.3 Å². The normalized spacial score (nSPS) is 21.8. The molecule has 256 valence electrons. The molecule has 2 unspecified atom stereocenters. The Morgan fingerprint density at radius 3 is 1.12 bits per heavy atom. The second-order valence-corrected chi connectivity index (χ2v) is 15.8. The van der Waals surface area contributed by atoms with Gasteiger partial charge in [0.25, 0.3) is 0 Å². The van der Waals surface area contributed by atoms with Crippen LogP contribution in [0.4, 0.5) is 0 Å². The molecule has 0 bridgehead atoms. The van der Waals surface area contributed by atoms with Gasteiger partial charge in [-0.3, -0.25) is 4.79 Å². The lowest BCUT2D eigenvalue weighted by molar-refractivity contribution is -0.121. The van der Waals surface area contributed by atoms with Gasteiger partial charge in [0.05, 0.1) is 23.3 Å². The summed E-state index contributed by atoms with van der Waals surface area (Å²) in [5, 5.41) is 18.3. The van der Waals surface area contributed by atoms with E-state index in [1.807, 2.05) is 48.5 Å². The predicted octanol–water partition coefficient (Wildman–Crippen LogP) is 11.7. The van der Waals surface area contributed by atoms with E-state index in [1.165, 1.54) is 11.1 Å². The number of halogens is 2. The van der Waals surface area contributed by atoms with Gasteiger partial charge < -0.3 is 0 Å². The first-order valence-electron chi connectivity index (χ1n) is 18.4. The molecule has 50 heavy (non-hydrogen) atoms. The fraction of sp³-hybridized carbons (Fsp3) is 0.400. The van der Waals surface area contributed by atoms with Crippen LogP contribution in [0.2, 0.25) is 0 Å². The van der Waals surface area contributed by atoms with Crippen LogP contribution in [0.1, 0.15) is 86.5 Å². The van der Waals surface area contributed by atoms with Crippen molar-refractivity contribution in [2.75, 3.05) is 0 Å². The van der Waals surface area contributed by atoms with Gasteiger partial charge in [0, 0.05) is 23.6 Å². The Hall–Kier alpha value is -3.89. The highest BCUT2D eigenvalue weighted by Crippen LogP contribution is 2.39. The number of nitriles is 2. The molecule has 2 atom stereocenters.